The molecule has 0 aromatic carbocycles. The van der Waals surface area contributed by atoms with E-state index in [9.17, 15) is 9.18 Å². The van der Waals surface area contributed by atoms with Crippen LogP contribution in [0.3, 0.4) is 0 Å². The summed E-state index contributed by atoms with van der Waals surface area (Å²) in [5.74, 6) is -0.220. The van der Waals surface area contributed by atoms with Gasteiger partial charge in [0.1, 0.15) is 17.8 Å². The second-order valence-electron chi connectivity index (χ2n) is 7.27. The van der Waals surface area contributed by atoms with Crippen molar-refractivity contribution in [2.75, 3.05) is 11.9 Å². The van der Waals surface area contributed by atoms with E-state index >= 15 is 0 Å². The molecule has 4 heterocycles. The summed E-state index contributed by atoms with van der Waals surface area (Å²) in [5, 5.41) is 3.63. The Morgan fingerprint density at radius 2 is 2.06 bits per heavy atom. The molecule has 0 amide bonds. The minimum absolute atomic E-state index is 0.109. The lowest BCUT2D eigenvalue weighted by Gasteiger charge is -2.08. The highest BCUT2D eigenvalue weighted by Crippen LogP contribution is 2.42. The molecule has 1 fully saturated rings. The van der Waals surface area contributed by atoms with Crippen LogP contribution in [0.5, 0.6) is 5.88 Å². The second kappa shape index (κ2) is 7.75. The van der Waals surface area contributed by atoms with E-state index in [-0.39, 0.29) is 11.4 Å². The van der Waals surface area contributed by atoms with E-state index in [1.54, 1.807) is 30.6 Å². The molecule has 31 heavy (non-hydrogen) atoms. The summed E-state index contributed by atoms with van der Waals surface area (Å²) in [6.45, 7) is 2.40. The molecule has 5 rings (SSSR count). The lowest BCUT2D eigenvalue weighted by molar-refractivity contribution is 0.103. The highest BCUT2D eigenvalue weighted by molar-refractivity contribution is 6.16. The molecule has 0 spiro atoms. The number of ether oxygens (including phenoxy) is 1. The van der Waals surface area contributed by atoms with Gasteiger partial charge in [-0.15, -0.1) is 0 Å². The monoisotopic (exact) mass is 418 g/mol. The van der Waals surface area contributed by atoms with E-state index in [4.69, 9.17) is 4.74 Å². The molecule has 156 valence electrons. The molecule has 0 saturated heterocycles. The van der Waals surface area contributed by atoms with Gasteiger partial charge in [0.2, 0.25) is 11.8 Å². The van der Waals surface area contributed by atoms with Crippen molar-refractivity contribution in [3.8, 4) is 5.88 Å². The largest absolute Gasteiger partial charge is 0.478 e. The van der Waals surface area contributed by atoms with Crippen LogP contribution in [0, 0.1) is 5.95 Å². The normalized spacial score (nSPS) is 13.4. The van der Waals surface area contributed by atoms with Crippen LogP contribution in [0.15, 0.2) is 43.0 Å². The molecule has 0 atom stereocenters. The zero-order chi connectivity index (χ0) is 21.4. The lowest BCUT2D eigenvalue weighted by atomic mass is 10.0. The number of anilines is 2. The molecular formula is C22H19FN6O2. The summed E-state index contributed by atoms with van der Waals surface area (Å²) in [4.78, 5) is 32.7. The van der Waals surface area contributed by atoms with E-state index in [0.29, 0.717) is 40.7 Å². The molecule has 4 aromatic rings. The molecule has 0 radical (unpaired) electrons. The first-order valence-electron chi connectivity index (χ1n) is 10.0. The maximum absolute atomic E-state index is 14.8. The van der Waals surface area contributed by atoms with E-state index in [2.05, 4.69) is 30.2 Å². The number of pyridine rings is 2. The van der Waals surface area contributed by atoms with Gasteiger partial charge in [-0.25, -0.2) is 19.9 Å². The maximum atomic E-state index is 14.8. The van der Waals surface area contributed by atoms with Crippen molar-refractivity contribution in [2.24, 2.45) is 0 Å². The molecule has 9 heteroatoms. The Hall–Kier alpha value is -3.88. The average molecular weight is 418 g/mol. The Bertz CT molecular complexity index is 1270. The highest BCUT2D eigenvalue weighted by atomic mass is 19.1. The number of carbonyl (C=O) groups excluding carboxylic acids is 1. The molecule has 8 nitrogen and oxygen atoms in total. The van der Waals surface area contributed by atoms with E-state index in [0.717, 1.165) is 18.5 Å². The molecule has 0 bridgehead atoms. The van der Waals surface area contributed by atoms with Crippen LogP contribution in [0.25, 0.3) is 11.0 Å². The van der Waals surface area contributed by atoms with Gasteiger partial charge in [0.05, 0.1) is 40.7 Å². The van der Waals surface area contributed by atoms with E-state index in [1.165, 1.54) is 12.4 Å². The SMILES string of the molecule is CCOc1ccc(Nc2ccc(C(=O)c3c[nH]c4ncnc(C5CC5)c34)c(F)n2)cn1. The van der Waals surface area contributed by atoms with Crippen molar-refractivity contribution in [1.29, 1.82) is 0 Å². The van der Waals surface area contributed by atoms with Gasteiger partial charge >= 0.3 is 0 Å². The number of nitrogens with zero attached hydrogens (tertiary/aromatic N) is 4. The third-order valence-electron chi connectivity index (χ3n) is 5.10. The van der Waals surface area contributed by atoms with Crippen molar-refractivity contribution >= 4 is 28.3 Å². The minimum atomic E-state index is -0.854. The minimum Gasteiger partial charge on any atom is -0.478 e. The van der Waals surface area contributed by atoms with Gasteiger partial charge in [0.15, 0.2) is 5.78 Å². The smallest absolute Gasteiger partial charge is 0.226 e. The van der Waals surface area contributed by atoms with Gasteiger partial charge in [0, 0.05) is 18.2 Å². The molecule has 2 N–H and O–H groups in total. The van der Waals surface area contributed by atoms with Crippen molar-refractivity contribution in [3.05, 3.63) is 65.8 Å². The third-order valence-corrected chi connectivity index (χ3v) is 5.10. The van der Waals surface area contributed by atoms with Crippen molar-refractivity contribution in [3.63, 3.8) is 0 Å². The summed E-state index contributed by atoms with van der Waals surface area (Å²) < 4.78 is 20.1. The summed E-state index contributed by atoms with van der Waals surface area (Å²) >= 11 is 0. The fraction of sp³-hybridized carbons (Fsp3) is 0.227. The molecule has 1 aliphatic carbocycles. The van der Waals surface area contributed by atoms with Crippen LogP contribution in [-0.2, 0) is 0 Å². The summed E-state index contributed by atoms with van der Waals surface area (Å²) in [7, 11) is 0. The predicted octanol–water partition coefficient (Wildman–Crippen LogP) is 4.14. The van der Waals surface area contributed by atoms with Crippen LogP contribution in [0.4, 0.5) is 15.9 Å². The quantitative estimate of drug-likeness (QED) is 0.343. The number of nitrogens with one attached hydrogen (secondary N) is 2. The predicted molar refractivity (Wildman–Crippen MR) is 112 cm³/mol. The van der Waals surface area contributed by atoms with Crippen molar-refractivity contribution < 1.29 is 13.9 Å². The molecule has 0 aliphatic heterocycles. The topological polar surface area (TPSA) is 106 Å². The van der Waals surface area contributed by atoms with Crippen molar-refractivity contribution in [1.82, 2.24) is 24.9 Å². The average Bonchev–Trinajstić information content (AvgIpc) is 3.53. The number of ketones is 1. The Labute approximate surface area is 176 Å². The fourth-order valence-electron chi connectivity index (χ4n) is 3.49. The number of aromatic amines is 1. The van der Waals surface area contributed by atoms with Crippen LogP contribution in [0.2, 0.25) is 0 Å². The Balaban J connectivity index is 1.41. The number of carbonyl (C=O) groups is 1. The zero-order valence-electron chi connectivity index (χ0n) is 16.7. The molecule has 0 unspecified atom stereocenters. The van der Waals surface area contributed by atoms with Gasteiger partial charge in [-0.1, -0.05) is 0 Å². The molecule has 1 aliphatic rings. The zero-order valence-corrected chi connectivity index (χ0v) is 16.7. The van der Waals surface area contributed by atoms with Crippen LogP contribution < -0.4 is 10.1 Å². The Morgan fingerprint density at radius 1 is 1.19 bits per heavy atom. The Morgan fingerprint density at radius 3 is 2.77 bits per heavy atom. The first kappa shape index (κ1) is 19.1. The van der Waals surface area contributed by atoms with Gasteiger partial charge in [-0.2, -0.15) is 4.39 Å². The summed E-state index contributed by atoms with van der Waals surface area (Å²) in [6.07, 6.45) is 6.67. The van der Waals surface area contributed by atoms with Gasteiger partial charge < -0.3 is 15.0 Å². The third kappa shape index (κ3) is 3.70. The van der Waals surface area contributed by atoms with Gasteiger partial charge in [-0.05, 0) is 38.0 Å². The molecule has 4 aromatic heterocycles. The number of hydrogen-bond donors (Lipinski definition) is 2. The summed E-state index contributed by atoms with van der Waals surface area (Å²) in [5.41, 5.74) is 2.29. The first-order valence-corrected chi connectivity index (χ1v) is 10.0. The van der Waals surface area contributed by atoms with Crippen molar-refractivity contribution in [2.45, 2.75) is 25.7 Å². The van der Waals surface area contributed by atoms with Gasteiger partial charge in [0.25, 0.3) is 0 Å². The van der Waals surface area contributed by atoms with Crippen LogP contribution in [-0.4, -0.2) is 37.3 Å². The van der Waals surface area contributed by atoms with Gasteiger partial charge in [-0.3, -0.25) is 4.79 Å². The number of hydrogen-bond acceptors (Lipinski definition) is 7. The van der Waals surface area contributed by atoms with Crippen LogP contribution >= 0.6 is 0 Å². The number of aromatic nitrogens is 5. The lowest BCUT2D eigenvalue weighted by Crippen LogP contribution is -2.08. The Kier molecular flexibility index (Phi) is 4.78. The van der Waals surface area contributed by atoms with Crippen LogP contribution in [0.1, 0.15) is 47.3 Å². The first-order chi connectivity index (χ1) is 15.1. The number of H-pyrrole nitrogens is 1. The fourth-order valence-corrected chi connectivity index (χ4v) is 3.49. The second-order valence-corrected chi connectivity index (χ2v) is 7.27. The van der Waals surface area contributed by atoms with E-state index < -0.39 is 11.7 Å². The maximum Gasteiger partial charge on any atom is 0.226 e. The summed E-state index contributed by atoms with van der Waals surface area (Å²) in [6, 6.07) is 6.44. The molecular weight excluding hydrogens is 399 g/mol. The number of rotatable bonds is 7. The number of fused-ring (bicyclic) bond motifs is 1. The number of halogens is 1. The highest BCUT2D eigenvalue weighted by Gasteiger charge is 2.30. The molecule has 1 saturated carbocycles. The van der Waals surface area contributed by atoms with E-state index in [1.807, 2.05) is 6.92 Å². The standard InChI is InChI=1S/C22H19FN6O2/c1-2-31-17-8-5-13(9-24-17)28-16-7-6-14(21(23)29-16)20(30)15-10-25-22-18(15)19(12-3-4-12)26-11-27-22/h5-12H,2-4H2,1H3,(H,28,29)(H,25,26,27).